The van der Waals surface area contributed by atoms with Crippen molar-refractivity contribution in [2.45, 2.75) is 26.7 Å². The smallest absolute Gasteiger partial charge is 0.411 e. The molecule has 0 aliphatic rings. The van der Waals surface area contributed by atoms with Crippen molar-refractivity contribution in [3.05, 3.63) is 29.8 Å². The highest BCUT2D eigenvalue weighted by Gasteiger charge is 2.24. The number of nitrogens with one attached hydrogen (secondary N) is 1. The fourth-order valence-corrected chi connectivity index (χ4v) is 1.89. The van der Waals surface area contributed by atoms with Crippen molar-refractivity contribution in [2.24, 2.45) is 5.41 Å². The first kappa shape index (κ1) is 17.0. The van der Waals surface area contributed by atoms with Crippen LogP contribution in [0.1, 0.15) is 37.0 Å². The maximum Gasteiger partial charge on any atom is 0.411 e. The third-order valence-corrected chi connectivity index (χ3v) is 3.17. The van der Waals surface area contributed by atoms with E-state index in [9.17, 15) is 14.7 Å². The van der Waals surface area contributed by atoms with E-state index < -0.39 is 17.5 Å². The third kappa shape index (κ3) is 5.43. The third-order valence-electron chi connectivity index (χ3n) is 3.17. The molecule has 0 unspecified atom stereocenters. The Hall–Kier alpha value is -2.08. The molecule has 0 saturated heterocycles. The van der Waals surface area contributed by atoms with E-state index in [0.717, 1.165) is 12.8 Å². The zero-order valence-electron chi connectivity index (χ0n) is 12.3. The summed E-state index contributed by atoms with van der Waals surface area (Å²) in [7, 11) is 0. The summed E-state index contributed by atoms with van der Waals surface area (Å²) >= 11 is 0. The molecule has 0 saturated carbocycles. The van der Waals surface area contributed by atoms with Crippen molar-refractivity contribution in [3.63, 3.8) is 0 Å². The van der Waals surface area contributed by atoms with Crippen molar-refractivity contribution in [3.8, 4) is 0 Å². The lowest BCUT2D eigenvalue weighted by atomic mass is 9.88. The molecule has 21 heavy (non-hydrogen) atoms. The predicted molar refractivity (Wildman–Crippen MR) is 78.5 cm³/mol. The van der Waals surface area contributed by atoms with Gasteiger partial charge in [0.15, 0.2) is 0 Å². The lowest BCUT2D eigenvalue weighted by molar-refractivity contribution is 0.0489. The summed E-state index contributed by atoms with van der Waals surface area (Å²) in [6, 6.07) is 5.77. The summed E-state index contributed by atoms with van der Waals surface area (Å²) in [5, 5.41) is 20.6. The van der Waals surface area contributed by atoms with Gasteiger partial charge in [0.2, 0.25) is 0 Å². The van der Waals surface area contributed by atoms with Gasteiger partial charge < -0.3 is 14.9 Å². The normalized spacial score (nSPS) is 13.3. The molecule has 6 heteroatoms. The molecule has 1 amide bonds. The number of carboxylic acids is 1. The number of amides is 1. The Morgan fingerprint density at radius 3 is 2.38 bits per heavy atom. The Kier molecular flexibility index (Phi) is 6.17. The molecule has 0 spiro atoms. The monoisotopic (exact) mass is 295 g/mol. The van der Waals surface area contributed by atoms with Crippen molar-refractivity contribution < 1.29 is 24.5 Å². The topological polar surface area (TPSA) is 95.9 Å². The number of aliphatic hydroxyl groups excluding tert-OH is 1. The van der Waals surface area contributed by atoms with Crippen LogP contribution in [0.25, 0.3) is 0 Å². The summed E-state index contributed by atoms with van der Waals surface area (Å²) in [6.07, 6.45) is 1.01. The van der Waals surface area contributed by atoms with Gasteiger partial charge in [-0.3, -0.25) is 5.32 Å². The minimum absolute atomic E-state index is 0.0541. The van der Waals surface area contributed by atoms with Crippen LogP contribution in [-0.2, 0) is 4.74 Å². The quantitative estimate of drug-likeness (QED) is 0.718. The van der Waals surface area contributed by atoms with Crippen molar-refractivity contribution in [1.82, 2.24) is 0 Å². The molecular weight excluding hydrogens is 274 g/mol. The first-order chi connectivity index (χ1) is 9.90. The number of hydrogen-bond acceptors (Lipinski definition) is 4. The Balaban J connectivity index is 2.52. The number of anilines is 1. The molecule has 0 aliphatic heterocycles. The van der Waals surface area contributed by atoms with Crippen LogP contribution in [0.3, 0.4) is 0 Å². The van der Waals surface area contributed by atoms with Crippen LogP contribution in [0.5, 0.6) is 0 Å². The molecule has 0 aliphatic carbocycles. The van der Waals surface area contributed by atoms with Crippen LogP contribution >= 0.6 is 0 Å². The molecule has 0 fully saturated rings. The highest BCUT2D eigenvalue weighted by atomic mass is 16.5. The number of aromatic carboxylic acids is 1. The van der Waals surface area contributed by atoms with Gasteiger partial charge in [0.1, 0.15) is 6.61 Å². The molecule has 0 aromatic heterocycles. The SMILES string of the molecule is CCC[C@](C)(CO)COC(=O)Nc1ccc(C(=O)O)cc1. The summed E-state index contributed by atoms with van der Waals surface area (Å²) in [4.78, 5) is 22.4. The number of aliphatic hydroxyl groups is 1. The van der Waals surface area contributed by atoms with Crippen LogP contribution in [0.2, 0.25) is 0 Å². The van der Waals surface area contributed by atoms with E-state index in [0.29, 0.717) is 5.69 Å². The van der Waals surface area contributed by atoms with Gasteiger partial charge in [0, 0.05) is 11.1 Å². The number of carbonyl (C=O) groups is 2. The van der Waals surface area contributed by atoms with E-state index in [4.69, 9.17) is 9.84 Å². The summed E-state index contributed by atoms with van der Waals surface area (Å²) in [5.74, 6) is -1.03. The van der Waals surface area contributed by atoms with Gasteiger partial charge in [-0.25, -0.2) is 9.59 Å². The second kappa shape index (κ2) is 7.64. The van der Waals surface area contributed by atoms with E-state index in [1.54, 1.807) is 0 Å². The highest BCUT2D eigenvalue weighted by Crippen LogP contribution is 2.23. The van der Waals surface area contributed by atoms with E-state index in [1.807, 2.05) is 13.8 Å². The number of rotatable bonds is 7. The average Bonchev–Trinajstić information content (AvgIpc) is 2.46. The van der Waals surface area contributed by atoms with E-state index in [1.165, 1.54) is 24.3 Å². The zero-order valence-corrected chi connectivity index (χ0v) is 12.3. The van der Waals surface area contributed by atoms with E-state index >= 15 is 0 Å². The molecular formula is C15H21NO5. The zero-order chi connectivity index (χ0) is 15.9. The molecule has 1 rings (SSSR count). The number of ether oxygens (including phenoxy) is 1. The Morgan fingerprint density at radius 2 is 1.90 bits per heavy atom. The van der Waals surface area contributed by atoms with E-state index in [2.05, 4.69) is 5.32 Å². The van der Waals surface area contributed by atoms with Crippen LogP contribution in [-0.4, -0.2) is 35.5 Å². The molecule has 1 aromatic carbocycles. The Morgan fingerprint density at radius 1 is 1.29 bits per heavy atom. The average molecular weight is 295 g/mol. The molecule has 1 aromatic rings. The molecule has 3 N–H and O–H groups in total. The maximum absolute atomic E-state index is 11.7. The fraction of sp³-hybridized carbons (Fsp3) is 0.467. The standard InChI is InChI=1S/C15H21NO5/c1-3-8-15(2,9-17)10-21-14(20)16-12-6-4-11(5-7-12)13(18)19/h4-7,17H,3,8-10H2,1-2H3,(H,16,20)(H,18,19)/t15-/m1/s1. The minimum Gasteiger partial charge on any atom is -0.478 e. The fourth-order valence-electron chi connectivity index (χ4n) is 1.89. The van der Waals surface area contributed by atoms with Crippen molar-refractivity contribution in [1.29, 1.82) is 0 Å². The van der Waals surface area contributed by atoms with Gasteiger partial charge in [0.25, 0.3) is 0 Å². The Bertz CT molecular complexity index is 485. The van der Waals surface area contributed by atoms with E-state index in [-0.39, 0.29) is 18.8 Å². The molecule has 0 radical (unpaired) electrons. The highest BCUT2D eigenvalue weighted by molar-refractivity contribution is 5.89. The summed E-state index contributed by atoms with van der Waals surface area (Å²) in [6.45, 7) is 3.92. The van der Waals surface area contributed by atoms with Crippen LogP contribution in [0.4, 0.5) is 10.5 Å². The number of benzene rings is 1. The summed E-state index contributed by atoms with van der Waals surface area (Å²) < 4.78 is 5.11. The molecule has 6 nitrogen and oxygen atoms in total. The van der Waals surface area contributed by atoms with Crippen molar-refractivity contribution >= 4 is 17.7 Å². The number of carboxylic acid groups (broad SMARTS) is 1. The minimum atomic E-state index is -1.03. The first-order valence-corrected chi connectivity index (χ1v) is 6.78. The van der Waals surface area contributed by atoms with Gasteiger partial charge in [-0.2, -0.15) is 0 Å². The number of carbonyl (C=O) groups excluding carboxylic acids is 1. The summed E-state index contributed by atoms with van der Waals surface area (Å²) in [5.41, 5.74) is 0.148. The van der Waals surface area contributed by atoms with Gasteiger partial charge >= 0.3 is 12.1 Å². The number of hydrogen-bond donors (Lipinski definition) is 3. The van der Waals surface area contributed by atoms with Crippen LogP contribution in [0.15, 0.2) is 24.3 Å². The second-order valence-electron chi connectivity index (χ2n) is 5.30. The lowest BCUT2D eigenvalue weighted by Gasteiger charge is -2.26. The maximum atomic E-state index is 11.7. The lowest BCUT2D eigenvalue weighted by Crippen LogP contribution is -2.30. The predicted octanol–water partition coefficient (Wildman–Crippen LogP) is 2.73. The van der Waals surface area contributed by atoms with Crippen LogP contribution < -0.4 is 5.32 Å². The molecule has 1 atom stereocenters. The van der Waals surface area contributed by atoms with Gasteiger partial charge in [-0.15, -0.1) is 0 Å². The van der Waals surface area contributed by atoms with Gasteiger partial charge in [-0.1, -0.05) is 20.3 Å². The first-order valence-electron chi connectivity index (χ1n) is 6.78. The molecule has 116 valence electrons. The van der Waals surface area contributed by atoms with Gasteiger partial charge in [-0.05, 0) is 30.7 Å². The largest absolute Gasteiger partial charge is 0.478 e. The van der Waals surface area contributed by atoms with Crippen LogP contribution in [0, 0.1) is 5.41 Å². The van der Waals surface area contributed by atoms with Crippen molar-refractivity contribution in [2.75, 3.05) is 18.5 Å². The molecule has 0 heterocycles. The molecule has 0 bridgehead atoms. The second-order valence-corrected chi connectivity index (χ2v) is 5.30. The van der Waals surface area contributed by atoms with Gasteiger partial charge in [0.05, 0.1) is 12.2 Å². The Labute approximate surface area is 123 Å².